The molecule has 0 spiro atoms. The van der Waals surface area contributed by atoms with Crippen molar-refractivity contribution in [3.8, 4) is 0 Å². The summed E-state index contributed by atoms with van der Waals surface area (Å²) in [5.74, 6) is 0.421. The minimum absolute atomic E-state index is 0.0419. The van der Waals surface area contributed by atoms with Crippen molar-refractivity contribution < 1.29 is 4.79 Å². The van der Waals surface area contributed by atoms with Gasteiger partial charge in [-0.15, -0.1) is 0 Å². The van der Waals surface area contributed by atoms with Crippen LogP contribution in [0.3, 0.4) is 0 Å². The molecule has 2 saturated carbocycles. The molecule has 72 valence electrons. The molecule has 0 saturated heterocycles. The molecular formula is C12H18O. The smallest absolute Gasteiger partial charge is 0.164 e. The molecule has 0 unspecified atom stereocenters. The second-order valence-corrected chi connectivity index (χ2v) is 5.03. The number of ketones is 1. The Morgan fingerprint density at radius 3 is 2.15 bits per heavy atom. The van der Waals surface area contributed by atoms with Gasteiger partial charge in [0.05, 0.1) is 0 Å². The topological polar surface area (TPSA) is 17.1 Å². The van der Waals surface area contributed by atoms with Crippen molar-refractivity contribution in [1.29, 1.82) is 0 Å². The highest BCUT2D eigenvalue weighted by Crippen LogP contribution is 2.44. The Bertz CT molecular complexity index is 263. The van der Waals surface area contributed by atoms with Crippen LogP contribution < -0.4 is 0 Å². The van der Waals surface area contributed by atoms with Gasteiger partial charge in [-0.3, -0.25) is 4.79 Å². The first-order valence-electron chi connectivity index (χ1n) is 5.37. The zero-order chi connectivity index (χ0) is 9.47. The molecule has 2 aliphatic carbocycles. The van der Waals surface area contributed by atoms with Gasteiger partial charge in [0.25, 0.3) is 0 Å². The van der Waals surface area contributed by atoms with Crippen LogP contribution in [0.25, 0.3) is 0 Å². The monoisotopic (exact) mass is 178 g/mol. The molecule has 2 rings (SSSR count). The third-order valence-electron chi connectivity index (χ3n) is 3.39. The third-order valence-corrected chi connectivity index (χ3v) is 3.39. The molecule has 1 nitrogen and oxygen atoms in total. The van der Waals surface area contributed by atoms with Crippen molar-refractivity contribution in [1.82, 2.24) is 0 Å². The Morgan fingerprint density at radius 2 is 1.69 bits per heavy atom. The highest BCUT2D eigenvalue weighted by molar-refractivity contribution is 6.06. The molecule has 2 fully saturated rings. The van der Waals surface area contributed by atoms with Crippen LogP contribution >= 0.6 is 0 Å². The van der Waals surface area contributed by atoms with E-state index < -0.39 is 0 Å². The molecule has 0 atom stereocenters. The number of carbonyl (C=O) groups excluding carboxylic acids is 1. The summed E-state index contributed by atoms with van der Waals surface area (Å²) in [5, 5.41) is 0. The molecule has 0 aliphatic heterocycles. The van der Waals surface area contributed by atoms with Gasteiger partial charge in [-0.05, 0) is 37.7 Å². The maximum Gasteiger partial charge on any atom is 0.164 e. The largest absolute Gasteiger partial charge is 0.294 e. The number of allylic oxidation sites excluding steroid dienone is 2. The van der Waals surface area contributed by atoms with Gasteiger partial charge >= 0.3 is 0 Å². The van der Waals surface area contributed by atoms with Crippen molar-refractivity contribution in [2.75, 3.05) is 0 Å². The van der Waals surface area contributed by atoms with Crippen molar-refractivity contribution in [3.05, 3.63) is 11.1 Å². The van der Waals surface area contributed by atoms with Crippen LogP contribution in [0.2, 0.25) is 0 Å². The first-order chi connectivity index (χ1) is 6.11. The van der Waals surface area contributed by atoms with E-state index in [1.807, 2.05) is 0 Å². The first kappa shape index (κ1) is 8.98. The fourth-order valence-electron chi connectivity index (χ4n) is 2.47. The fourth-order valence-corrected chi connectivity index (χ4v) is 2.47. The SMILES string of the molecule is CC1(C)CC(=C2CCCCC2)C1=O. The van der Waals surface area contributed by atoms with Crippen LogP contribution in [0.4, 0.5) is 0 Å². The Labute approximate surface area is 80.2 Å². The van der Waals surface area contributed by atoms with E-state index in [0.29, 0.717) is 5.78 Å². The summed E-state index contributed by atoms with van der Waals surface area (Å²) in [6.45, 7) is 4.12. The molecule has 0 aromatic heterocycles. The van der Waals surface area contributed by atoms with Crippen molar-refractivity contribution in [3.63, 3.8) is 0 Å². The summed E-state index contributed by atoms with van der Waals surface area (Å²) in [6, 6.07) is 0. The zero-order valence-electron chi connectivity index (χ0n) is 8.65. The number of carbonyl (C=O) groups is 1. The average Bonchev–Trinajstić information content (AvgIpc) is 2.15. The van der Waals surface area contributed by atoms with E-state index in [-0.39, 0.29) is 5.41 Å². The van der Waals surface area contributed by atoms with Crippen LogP contribution in [-0.4, -0.2) is 5.78 Å². The minimum atomic E-state index is -0.0419. The Morgan fingerprint density at radius 1 is 1.08 bits per heavy atom. The number of rotatable bonds is 0. The van der Waals surface area contributed by atoms with E-state index in [2.05, 4.69) is 13.8 Å². The highest BCUT2D eigenvalue weighted by atomic mass is 16.1. The lowest BCUT2D eigenvalue weighted by Crippen LogP contribution is -2.38. The fraction of sp³-hybridized carbons (Fsp3) is 0.750. The summed E-state index contributed by atoms with van der Waals surface area (Å²) < 4.78 is 0. The van der Waals surface area contributed by atoms with Gasteiger partial charge in [-0.2, -0.15) is 0 Å². The summed E-state index contributed by atoms with van der Waals surface area (Å²) in [5.41, 5.74) is 2.63. The number of hydrogen-bond donors (Lipinski definition) is 0. The Balaban J connectivity index is 2.14. The van der Waals surface area contributed by atoms with Gasteiger partial charge in [-0.1, -0.05) is 25.8 Å². The van der Waals surface area contributed by atoms with Gasteiger partial charge in [0.1, 0.15) is 0 Å². The van der Waals surface area contributed by atoms with E-state index in [1.54, 1.807) is 0 Å². The van der Waals surface area contributed by atoms with Gasteiger partial charge in [0.15, 0.2) is 5.78 Å². The molecule has 0 bridgehead atoms. The van der Waals surface area contributed by atoms with Crippen LogP contribution in [0.1, 0.15) is 52.4 Å². The molecule has 0 radical (unpaired) electrons. The standard InChI is InChI=1S/C12H18O/c1-12(2)8-10(11(12)13)9-6-4-3-5-7-9/h3-8H2,1-2H3. The van der Waals surface area contributed by atoms with Crippen LogP contribution in [-0.2, 0) is 4.79 Å². The van der Waals surface area contributed by atoms with Gasteiger partial charge in [0.2, 0.25) is 0 Å². The Kier molecular flexibility index (Phi) is 2.05. The molecule has 0 N–H and O–H groups in total. The van der Waals surface area contributed by atoms with E-state index >= 15 is 0 Å². The molecular weight excluding hydrogens is 160 g/mol. The molecule has 0 aromatic rings. The molecule has 0 amide bonds. The molecule has 0 heterocycles. The summed E-state index contributed by atoms with van der Waals surface area (Å²) in [4.78, 5) is 11.7. The van der Waals surface area contributed by atoms with E-state index in [0.717, 1.165) is 6.42 Å². The molecule has 13 heavy (non-hydrogen) atoms. The summed E-state index contributed by atoms with van der Waals surface area (Å²) in [6.07, 6.45) is 7.36. The van der Waals surface area contributed by atoms with Crippen molar-refractivity contribution in [2.45, 2.75) is 52.4 Å². The average molecular weight is 178 g/mol. The highest BCUT2D eigenvalue weighted by Gasteiger charge is 2.42. The summed E-state index contributed by atoms with van der Waals surface area (Å²) in [7, 11) is 0. The van der Waals surface area contributed by atoms with Gasteiger partial charge in [0, 0.05) is 5.41 Å². The second kappa shape index (κ2) is 2.97. The molecule has 2 aliphatic rings. The van der Waals surface area contributed by atoms with Gasteiger partial charge < -0.3 is 0 Å². The minimum Gasteiger partial charge on any atom is -0.294 e. The normalized spacial score (nSPS) is 27.4. The Hall–Kier alpha value is -0.590. The first-order valence-corrected chi connectivity index (χ1v) is 5.37. The zero-order valence-corrected chi connectivity index (χ0v) is 8.65. The lowest BCUT2D eigenvalue weighted by molar-refractivity contribution is -0.128. The number of Topliss-reactive ketones (excluding diaryl/α,β-unsaturated/α-hetero) is 1. The lowest BCUT2D eigenvalue weighted by atomic mass is 9.64. The van der Waals surface area contributed by atoms with E-state index in [1.165, 1.54) is 43.3 Å². The van der Waals surface area contributed by atoms with Crippen LogP contribution in [0.15, 0.2) is 11.1 Å². The van der Waals surface area contributed by atoms with Crippen molar-refractivity contribution in [2.24, 2.45) is 5.41 Å². The number of hydrogen-bond acceptors (Lipinski definition) is 1. The quantitative estimate of drug-likeness (QED) is 0.520. The second-order valence-electron chi connectivity index (χ2n) is 5.03. The molecule has 1 heteroatoms. The van der Waals surface area contributed by atoms with Crippen LogP contribution in [0, 0.1) is 5.41 Å². The maximum atomic E-state index is 11.7. The van der Waals surface area contributed by atoms with E-state index in [9.17, 15) is 4.79 Å². The maximum absolute atomic E-state index is 11.7. The van der Waals surface area contributed by atoms with Crippen molar-refractivity contribution >= 4 is 5.78 Å². The van der Waals surface area contributed by atoms with Crippen LogP contribution in [0.5, 0.6) is 0 Å². The van der Waals surface area contributed by atoms with E-state index in [4.69, 9.17) is 0 Å². The third kappa shape index (κ3) is 1.45. The molecule has 0 aromatic carbocycles. The predicted octanol–water partition coefficient (Wildman–Crippen LogP) is 3.25. The lowest BCUT2D eigenvalue weighted by Gasteiger charge is -2.38. The predicted molar refractivity (Wildman–Crippen MR) is 53.5 cm³/mol. The van der Waals surface area contributed by atoms with Gasteiger partial charge in [-0.25, -0.2) is 0 Å². The summed E-state index contributed by atoms with van der Waals surface area (Å²) >= 11 is 0.